The lowest BCUT2D eigenvalue weighted by molar-refractivity contribution is -0.130. The van der Waals surface area contributed by atoms with Crippen LogP contribution in [0.4, 0.5) is 23.4 Å². The molecule has 2 aliphatic rings. The molecule has 3 heterocycles. The van der Waals surface area contributed by atoms with Gasteiger partial charge in [0.1, 0.15) is 28.7 Å². The van der Waals surface area contributed by atoms with Gasteiger partial charge in [-0.05, 0) is 51.1 Å². The highest BCUT2D eigenvalue weighted by molar-refractivity contribution is 6.34. The number of phenolic OH excluding ortho intramolecular Hbond substituents is 1. The van der Waals surface area contributed by atoms with Crippen molar-refractivity contribution in [3.8, 4) is 16.9 Å². The number of rotatable bonds is 7. The summed E-state index contributed by atoms with van der Waals surface area (Å²) in [5.74, 6) is -4.43. The second-order valence-corrected chi connectivity index (χ2v) is 11.2. The quantitative estimate of drug-likeness (QED) is 0.292. The minimum Gasteiger partial charge on any atom is -0.507 e. The van der Waals surface area contributed by atoms with E-state index in [0.717, 1.165) is 6.07 Å². The molecule has 0 unspecified atom stereocenters. The Kier molecular flexibility index (Phi) is 7.86. The summed E-state index contributed by atoms with van der Waals surface area (Å²) in [6.07, 6.45) is 2.01. The molecule has 1 N–H and O–H groups in total. The molecule has 2 aliphatic heterocycles. The summed E-state index contributed by atoms with van der Waals surface area (Å²) in [5, 5.41) is 10.5. The molecule has 218 valence electrons. The number of carbonyl (C=O) groups excluding carboxylic acids is 1. The number of benzene rings is 2. The zero-order chi connectivity index (χ0) is 29.6. The number of phenols is 1. The average Bonchev–Trinajstić information content (AvgIpc) is 2.90. The number of alkyl halides is 2. The van der Waals surface area contributed by atoms with Gasteiger partial charge in [0, 0.05) is 42.5 Å². The van der Waals surface area contributed by atoms with Gasteiger partial charge in [-0.1, -0.05) is 24.2 Å². The second-order valence-electron chi connectivity index (χ2n) is 10.8. The zero-order valence-corrected chi connectivity index (χ0v) is 23.4. The van der Waals surface area contributed by atoms with Crippen molar-refractivity contribution in [2.75, 3.05) is 37.6 Å². The smallest absolute Gasteiger partial charge is 0.272 e. The monoisotopic (exact) mass is 591 g/mol. The van der Waals surface area contributed by atoms with Crippen molar-refractivity contribution in [3.05, 3.63) is 59.4 Å². The van der Waals surface area contributed by atoms with Gasteiger partial charge in [0.25, 0.3) is 5.92 Å². The zero-order valence-electron chi connectivity index (χ0n) is 22.7. The van der Waals surface area contributed by atoms with E-state index in [4.69, 9.17) is 16.6 Å². The summed E-state index contributed by atoms with van der Waals surface area (Å²) >= 11 is 6.53. The number of piperazine rings is 1. The SMILES string of the molecule is C=CC(=O)N1C[C@H](C)N(c2nc(CCCN3CC(F)(F)C3)nc3c(F)c(-c4c(O)cccc4F)c(Cl)cc23)C[C@H]1C. The molecule has 3 aromatic rings. The number of likely N-dealkylation sites (tertiary alicyclic amines) is 1. The molecule has 2 saturated heterocycles. The van der Waals surface area contributed by atoms with E-state index in [2.05, 4.69) is 11.6 Å². The standard InChI is InChI=1S/C29H30ClF4N5O2/c1-4-23(41)38-12-17(3)39(13-16(38)2)28-18-11-19(30)24(25-20(31)7-5-8-21(25)40)26(32)27(18)35-22(36-28)9-6-10-37-14-29(33,34)15-37/h4-5,7-8,11,16-17,40H,1,6,9-10,12-15H2,2-3H3/t16-,17+/m1/s1. The largest absolute Gasteiger partial charge is 0.507 e. The Balaban J connectivity index is 1.58. The van der Waals surface area contributed by atoms with Gasteiger partial charge >= 0.3 is 0 Å². The number of anilines is 1. The Morgan fingerprint density at radius 2 is 1.90 bits per heavy atom. The van der Waals surface area contributed by atoms with Crippen LogP contribution in [0.5, 0.6) is 5.75 Å². The van der Waals surface area contributed by atoms with E-state index in [9.17, 15) is 23.1 Å². The molecule has 0 saturated carbocycles. The van der Waals surface area contributed by atoms with E-state index in [1.165, 1.54) is 24.3 Å². The topological polar surface area (TPSA) is 72.8 Å². The number of carbonyl (C=O) groups is 1. The number of halogens is 5. The summed E-state index contributed by atoms with van der Waals surface area (Å²) < 4.78 is 57.6. The Labute approximate surface area is 240 Å². The number of aromatic nitrogens is 2. The maximum atomic E-state index is 16.3. The molecular formula is C29H30ClF4N5O2. The fraction of sp³-hybridized carbons (Fsp3) is 0.414. The maximum absolute atomic E-state index is 16.3. The summed E-state index contributed by atoms with van der Waals surface area (Å²) in [7, 11) is 0. The molecule has 1 aromatic heterocycles. The highest BCUT2D eigenvalue weighted by atomic mass is 35.5. The van der Waals surface area contributed by atoms with E-state index in [0.29, 0.717) is 37.3 Å². The van der Waals surface area contributed by atoms with Crippen molar-refractivity contribution in [1.29, 1.82) is 0 Å². The highest BCUT2D eigenvalue weighted by Crippen LogP contribution is 2.42. The number of amides is 1. The summed E-state index contributed by atoms with van der Waals surface area (Å²) in [6.45, 7) is 7.92. The summed E-state index contributed by atoms with van der Waals surface area (Å²) in [6, 6.07) is 4.66. The van der Waals surface area contributed by atoms with Gasteiger partial charge in [0.05, 0.1) is 23.7 Å². The van der Waals surface area contributed by atoms with Crippen molar-refractivity contribution in [3.63, 3.8) is 0 Å². The lowest BCUT2D eigenvalue weighted by atomic mass is 10.00. The number of nitrogens with zero attached hydrogens (tertiary/aromatic N) is 5. The molecular weight excluding hydrogens is 562 g/mol. The fourth-order valence-electron chi connectivity index (χ4n) is 5.62. The van der Waals surface area contributed by atoms with E-state index >= 15 is 4.39 Å². The fourth-order valence-corrected chi connectivity index (χ4v) is 5.90. The highest BCUT2D eigenvalue weighted by Gasteiger charge is 2.43. The van der Waals surface area contributed by atoms with Gasteiger partial charge in [-0.3, -0.25) is 9.69 Å². The minimum absolute atomic E-state index is 0.105. The predicted octanol–water partition coefficient (Wildman–Crippen LogP) is 5.43. The lowest BCUT2D eigenvalue weighted by Gasteiger charge is -2.44. The van der Waals surface area contributed by atoms with Crippen LogP contribution in [-0.4, -0.2) is 81.5 Å². The van der Waals surface area contributed by atoms with Crippen LogP contribution in [0.15, 0.2) is 36.9 Å². The first-order valence-corrected chi connectivity index (χ1v) is 13.7. The maximum Gasteiger partial charge on any atom is 0.272 e. The molecule has 0 bridgehead atoms. The van der Waals surface area contributed by atoms with Crippen LogP contribution in [0, 0.1) is 11.6 Å². The molecule has 2 fully saturated rings. The Hall–Kier alpha value is -3.44. The van der Waals surface area contributed by atoms with Gasteiger partial charge in [0.2, 0.25) is 5.91 Å². The van der Waals surface area contributed by atoms with Crippen molar-refractivity contribution in [1.82, 2.24) is 19.8 Å². The van der Waals surface area contributed by atoms with Crippen molar-refractivity contribution in [2.45, 2.75) is 44.7 Å². The third kappa shape index (κ3) is 5.57. The second kappa shape index (κ2) is 11.1. The molecule has 2 aromatic carbocycles. The predicted molar refractivity (Wildman–Crippen MR) is 149 cm³/mol. The number of aromatic hydroxyl groups is 1. The number of hydrogen-bond acceptors (Lipinski definition) is 6. The van der Waals surface area contributed by atoms with E-state index in [1.54, 1.807) is 9.80 Å². The average molecular weight is 592 g/mol. The van der Waals surface area contributed by atoms with Gasteiger partial charge in [-0.2, -0.15) is 0 Å². The van der Waals surface area contributed by atoms with Crippen LogP contribution in [0.3, 0.4) is 0 Å². The molecule has 0 aliphatic carbocycles. The Bertz CT molecular complexity index is 1490. The van der Waals surface area contributed by atoms with Crippen molar-refractivity contribution in [2.24, 2.45) is 0 Å². The molecule has 12 heteroatoms. The molecule has 2 atom stereocenters. The van der Waals surface area contributed by atoms with Crippen LogP contribution in [0.25, 0.3) is 22.0 Å². The Morgan fingerprint density at radius 1 is 1.17 bits per heavy atom. The number of aryl methyl sites for hydroxylation is 1. The Morgan fingerprint density at radius 3 is 2.56 bits per heavy atom. The lowest BCUT2D eigenvalue weighted by Crippen LogP contribution is -2.58. The third-order valence-electron chi connectivity index (χ3n) is 7.65. The van der Waals surface area contributed by atoms with Crippen LogP contribution in [0.1, 0.15) is 26.1 Å². The van der Waals surface area contributed by atoms with Crippen molar-refractivity contribution >= 4 is 34.2 Å². The van der Waals surface area contributed by atoms with Crippen LogP contribution in [-0.2, 0) is 11.2 Å². The number of fused-ring (bicyclic) bond motifs is 1. The van der Waals surface area contributed by atoms with Gasteiger partial charge < -0.3 is 14.9 Å². The first kappa shape index (κ1) is 29.1. The molecule has 41 heavy (non-hydrogen) atoms. The van der Waals surface area contributed by atoms with Crippen molar-refractivity contribution < 1.29 is 27.5 Å². The molecule has 0 radical (unpaired) electrons. The molecule has 1 amide bonds. The van der Waals surface area contributed by atoms with Crippen LogP contribution >= 0.6 is 11.6 Å². The van der Waals surface area contributed by atoms with Crippen LogP contribution < -0.4 is 4.90 Å². The first-order valence-electron chi connectivity index (χ1n) is 13.4. The molecule has 0 spiro atoms. The van der Waals surface area contributed by atoms with E-state index < -0.39 is 23.3 Å². The van der Waals surface area contributed by atoms with Gasteiger partial charge in [-0.25, -0.2) is 27.5 Å². The molecule has 5 rings (SSSR count). The van der Waals surface area contributed by atoms with E-state index in [1.807, 2.05) is 18.7 Å². The normalized spacial score (nSPS) is 20.8. The van der Waals surface area contributed by atoms with Gasteiger partial charge in [-0.15, -0.1) is 0 Å². The molecule has 7 nitrogen and oxygen atoms in total. The van der Waals surface area contributed by atoms with Crippen LogP contribution in [0.2, 0.25) is 5.02 Å². The van der Waals surface area contributed by atoms with Gasteiger partial charge in [0.15, 0.2) is 5.82 Å². The van der Waals surface area contributed by atoms with E-state index in [-0.39, 0.29) is 65.0 Å². The first-order chi connectivity index (χ1) is 19.4. The summed E-state index contributed by atoms with van der Waals surface area (Å²) in [5.41, 5.74) is -0.807. The number of hydrogen-bond donors (Lipinski definition) is 1. The minimum atomic E-state index is -2.67. The third-order valence-corrected chi connectivity index (χ3v) is 7.95. The summed E-state index contributed by atoms with van der Waals surface area (Å²) in [4.78, 5) is 26.9.